The van der Waals surface area contributed by atoms with Crippen molar-refractivity contribution in [3.63, 3.8) is 0 Å². The zero-order valence-corrected chi connectivity index (χ0v) is 10.7. The summed E-state index contributed by atoms with van der Waals surface area (Å²) in [4.78, 5) is 25.0. The molecule has 0 unspecified atom stereocenters. The number of nitrogens with one attached hydrogen (secondary N) is 1. The number of anilines is 2. The van der Waals surface area contributed by atoms with Crippen LogP contribution in [0.1, 0.15) is 23.2 Å². The molecule has 1 aromatic carbocycles. The molecule has 6 nitrogen and oxygen atoms in total. The molecule has 0 aliphatic carbocycles. The normalized spacial score (nSPS) is 14.4. The molecule has 19 heavy (non-hydrogen) atoms. The molecule has 2 amide bonds. The molecular weight excluding hydrogens is 244 g/mol. The van der Waals surface area contributed by atoms with E-state index in [2.05, 4.69) is 5.32 Å². The van der Waals surface area contributed by atoms with Gasteiger partial charge < -0.3 is 21.7 Å². The zero-order valence-electron chi connectivity index (χ0n) is 10.7. The van der Waals surface area contributed by atoms with E-state index < -0.39 is 5.91 Å². The summed E-state index contributed by atoms with van der Waals surface area (Å²) in [5.74, 6) is -0.522. The fraction of sp³-hybridized carbons (Fsp3) is 0.385. The van der Waals surface area contributed by atoms with Gasteiger partial charge in [-0.25, -0.2) is 0 Å². The molecule has 0 spiro atoms. The average molecular weight is 262 g/mol. The molecule has 0 saturated carbocycles. The van der Waals surface area contributed by atoms with Crippen molar-refractivity contribution in [2.75, 3.05) is 30.7 Å². The van der Waals surface area contributed by atoms with Crippen LogP contribution in [0, 0.1) is 0 Å². The predicted octanol–water partition coefficient (Wildman–Crippen LogP) is 0.402. The van der Waals surface area contributed by atoms with Crippen LogP contribution >= 0.6 is 0 Å². The molecule has 1 aliphatic rings. The van der Waals surface area contributed by atoms with E-state index in [9.17, 15) is 9.59 Å². The molecule has 0 radical (unpaired) electrons. The van der Waals surface area contributed by atoms with Crippen molar-refractivity contribution in [1.29, 1.82) is 0 Å². The highest BCUT2D eigenvalue weighted by atomic mass is 16.2. The van der Waals surface area contributed by atoms with E-state index >= 15 is 0 Å². The van der Waals surface area contributed by atoms with Gasteiger partial charge in [-0.15, -0.1) is 0 Å². The fourth-order valence-electron chi connectivity index (χ4n) is 2.17. The molecule has 0 bridgehead atoms. The van der Waals surface area contributed by atoms with Crippen molar-refractivity contribution in [3.8, 4) is 0 Å². The smallest absolute Gasteiger partial charge is 0.250 e. The van der Waals surface area contributed by atoms with Crippen LogP contribution in [-0.2, 0) is 4.79 Å². The Balaban J connectivity index is 2.04. The maximum absolute atomic E-state index is 11.9. The van der Waals surface area contributed by atoms with Crippen molar-refractivity contribution in [2.24, 2.45) is 5.73 Å². The number of nitrogens with zero attached hydrogens (tertiary/aromatic N) is 1. The number of carbonyl (C=O) groups is 2. The van der Waals surface area contributed by atoms with E-state index in [1.54, 1.807) is 18.2 Å². The Hall–Kier alpha value is -2.24. The number of nitrogen functional groups attached to an aromatic ring is 1. The maximum atomic E-state index is 11.9. The highest BCUT2D eigenvalue weighted by molar-refractivity contribution is 5.99. The molecule has 5 N–H and O–H groups in total. The minimum atomic E-state index is -0.545. The van der Waals surface area contributed by atoms with Crippen LogP contribution in [0.2, 0.25) is 0 Å². The first-order valence-corrected chi connectivity index (χ1v) is 6.29. The third-order valence-electron chi connectivity index (χ3n) is 3.20. The van der Waals surface area contributed by atoms with Crippen LogP contribution in [0.3, 0.4) is 0 Å². The lowest BCUT2D eigenvalue weighted by Gasteiger charge is -2.17. The zero-order chi connectivity index (χ0) is 13.8. The number of carbonyl (C=O) groups excluding carboxylic acids is 2. The minimum Gasteiger partial charge on any atom is -0.399 e. The van der Waals surface area contributed by atoms with Crippen LogP contribution in [0.4, 0.5) is 11.4 Å². The lowest BCUT2D eigenvalue weighted by atomic mass is 10.1. The maximum Gasteiger partial charge on any atom is 0.250 e. The van der Waals surface area contributed by atoms with Crippen LogP contribution in [0.25, 0.3) is 0 Å². The van der Waals surface area contributed by atoms with Crippen molar-refractivity contribution in [1.82, 2.24) is 4.90 Å². The first-order chi connectivity index (χ1) is 9.08. The SMILES string of the molecule is NC(=O)c1ccc(N)cc1NCC(=O)N1CCCC1. The number of benzene rings is 1. The summed E-state index contributed by atoms with van der Waals surface area (Å²) >= 11 is 0. The summed E-state index contributed by atoms with van der Waals surface area (Å²) in [5.41, 5.74) is 12.3. The third kappa shape index (κ3) is 3.15. The summed E-state index contributed by atoms with van der Waals surface area (Å²) < 4.78 is 0. The Morgan fingerprint density at radius 3 is 2.58 bits per heavy atom. The summed E-state index contributed by atoms with van der Waals surface area (Å²) in [6, 6.07) is 4.77. The predicted molar refractivity (Wildman–Crippen MR) is 73.7 cm³/mol. The molecule has 2 rings (SSSR count). The van der Waals surface area contributed by atoms with Crippen molar-refractivity contribution in [3.05, 3.63) is 23.8 Å². The van der Waals surface area contributed by atoms with Gasteiger partial charge in [-0.05, 0) is 31.0 Å². The van der Waals surface area contributed by atoms with Crippen LogP contribution in [0.5, 0.6) is 0 Å². The number of hydrogen-bond acceptors (Lipinski definition) is 4. The van der Waals surface area contributed by atoms with E-state index in [1.165, 1.54) is 0 Å². The largest absolute Gasteiger partial charge is 0.399 e. The molecule has 6 heteroatoms. The molecule has 1 aromatic rings. The number of likely N-dealkylation sites (tertiary alicyclic amines) is 1. The second-order valence-corrected chi connectivity index (χ2v) is 4.61. The van der Waals surface area contributed by atoms with Gasteiger partial charge in [0, 0.05) is 24.5 Å². The number of primary amides is 1. The van der Waals surface area contributed by atoms with E-state index in [0.717, 1.165) is 25.9 Å². The summed E-state index contributed by atoms with van der Waals surface area (Å²) in [6.07, 6.45) is 2.10. The van der Waals surface area contributed by atoms with Crippen LogP contribution < -0.4 is 16.8 Å². The fourth-order valence-corrected chi connectivity index (χ4v) is 2.17. The molecule has 0 aromatic heterocycles. The molecule has 1 saturated heterocycles. The lowest BCUT2D eigenvalue weighted by Crippen LogP contribution is -2.33. The monoisotopic (exact) mass is 262 g/mol. The number of amides is 2. The van der Waals surface area contributed by atoms with Crippen molar-refractivity contribution < 1.29 is 9.59 Å². The van der Waals surface area contributed by atoms with Gasteiger partial charge in [-0.3, -0.25) is 9.59 Å². The van der Waals surface area contributed by atoms with Gasteiger partial charge in [0.2, 0.25) is 5.91 Å². The van der Waals surface area contributed by atoms with E-state index in [-0.39, 0.29) is 12.5 Å². The van der Waals surface area contributed by atoms with Crippen LogP contribution in [-0.4, -0.2) is 36.3 Å². The van der Waals surface area contributed by atoms with Gasteiger partial charge in [-0.2, -0.15) is 0 Å². The molecule has 1 aliphatic heterocycles. The average Bonchev–Trinajstić information content (AvgIpc) is 2.89. The Bertz CT molecular complexity index is 495. The van der Waals surface area contributed by atoms with E-state index in [4.69, 9.17) is 11.5 Å². The standard InChI is InChI=1S/C13H18N4O2/c14-9-3-4-10(13(15)19)11(7-9)16-8-12(18)17-5-1-2-6-17/h3-4,7,16H,1-2,5-6,8,14H2,(H2,15,19). The number of rotatable bonds is 4. The third-order valence-corrected chi connectivity index (χ3v) is 3.20. The molecular formula is C13H18N4O2. The highest BCUT2D eigenvalue weighted by Crippen LogP contribution is 2.19. The topological polar surface area (TPSA) is 101 Å². The quantitative estimate of drug-likeness (QED) is 0.684. The Labute approximate surface area is 111 Å². The summed E-state index contributed by atoms with van der Waals surface area (Å²) in [6.45, 7) is 1.75. The Morgan fingerprint density at radius 1 is 1.26 bits per heavy atom. The Kier molecular flexibility index (Phi) is 3.89. The number of nitrogens with two attached hydrogens (primary N) is 2. The van der Waals surface area contributed by atoms with Gasteiger partial charge in [0.15, 0.2) is 0 Å². The Morgan fingerprint density at radius 2 is 1.95 bits per heavy atom. The summed E-state index contributed by atoms with van der Waals surface area (Å²) in [7, 11) is 0. The first-order valence-electron chi connectivity index (χ1n) is 6.29. The highest BCUT2D eigenvalue weighted by Gasteiger charge is 2.18. The molecule has 102 valence electrons. The van der Waals surface area contributed by atoms with E-state index in [1.807, 2.05) is 4.90 Å². The van der Waals surface area contributed by atoms with Crippen molar-refractivity contribution in [2.45, 2.75) is 12.8 Å². The minimum absolute atomic E-state index is 0.0235. The number of hydrogen-bond donors (Lipinski definition) is 3. The second-order valence-electron chi connectivity index (χ2n) is 4.61. The molecule has 1 heterocycles. The summed E-state index contributed by atoms with van der Waals surface area (Å²) in [5, 5.41) is 2.94. The first kappa shape index (κ1) is 13.2. The van der Waals surface area contributed by atoms with Gasteiger partial charge >= 0.3 is 0 Å². The van der Waals surface area contributed by atoms with Crippen LogP contribution in [0.15, 0.2) is 18.2 Å². The van der Waals surface area contributed by atoms with Gasteiger partial charge in [-0.1, -0.05) is 0 Å². The van der Waals surface area contributed by atoms with Crippen molar-refractivity contribution >= 4 is 23.2 Å². The second kappa shape index (κ2) is 5.60. The van der Waals surface area contributed by atoms with Gasteiger partial charge in [0.05, 0.1) is 12.1 Å². The lowest BCUT2D eigenvalue weighted by molar-refractivity contribution is -0.128. The molecule has 1 fully saturated rings. The van der Waals surface area contributed by atoms with Gasteiger partial charge in [0.25, 0.3) is 5.91 Å². The molecule has 0 atom stereocenters. The van der Waals surface area contributed by atoms with Gasteiger partial charge in [0.1, 0.15) is 0 Å². The van der Waals surface area contributed by atoms with E-state index in [0.29, 0.717) is 16.9 Å².